The number of nitrogens with zero attached hydrogens (tertiary/aromatic N) is 5. The van der Waals surface area contributed by atoms with Crippen LogP contribution in [0.2, 0.25) is 0 Å². The summed E-state index contributed by atoms with van der Waals surface area (Å²) in [6.45, 7) is 14.1. The number of aromatic nitrogens is 3. The summed E-state index contributed by atoms with van der Waals surface area (Å²) in [6, 6.07) is 16.8. The molecule has 3 aliphatic rings. The molecule has 67 heavy (non-hydrogen) atoms. The summed E-state index contributed by atoms with van der Waals surface area (Å²) in [5.41, 5.74) is 3.29. The number of fused-ring (bicyclic) bond motifs is 1. The van der Waals surface area contributed by atoms with E-state index in [0.29, 0.717) is 67.9 Å². The monoisotopic (exact) mass is 938 g/mol. The number of ether oxygens (including phenoxy) is 1. The summed E-state index contributed by atoms with van der Waals surface area (Å²) in [5, 5.41) is 25.5. The van der Waals surface area contributed by atoms with Gasteiger partial charge in [-0.1, -0.05) is 58.4 Å². The lowest BCUT2D eigenvalue weighted by Gasteiger charge is -2.57. The minimum Gasteiger partial charge on any atom is -0.455 e. The first kappa shape index (κ1) is 47.8. The van der Waals surface area contributed by atoms with E-state index in [0.717, 1.165) is 57.0 Å². The number of carbonyl (C=O) groups excluding carboxylic acids is 1. The Kier molecular flexibility index (Phi) is 13.9. The number of likely N-dealkylation sites (tertiary alicyclic amines) is 1. The Morgan fingerprint density at radius 2 is 1.85 bits per heavy atom. The summed E-state index contributed by atoms with van der Waals surface area (Å²) in [6.07, 6.45) is 10.6. The fourth-order valence-corrected chi connectivity index (χ4v) is 11.2. The van der Waals surface area contributed by atoms with Crippen molar-refractivity contribution in [3.63, 3.8) is 0 Å². The van der Waals surface area contributed by atoms with Gasteiger partial charge in [0.25, 0.3) is 15.9 Å². The Morgan fingerprint density at radius 1 is 1.09 bits per heavy atom. The number of benzene rings is 2. The Hall–Kier alpha value is -5.65. The zero-order valence-corrected chi connectivity index (χ0v) is 39.9. The van der Waals surface area contributed by atoms with E-state index in [9.17, 15) is 32.8 Å². The predicted molar refractivity (Wildman–Crippen MR) is 257 cm³/mol. The summed E-state index contributed by atoms with van der Waals surface area (Å²) in [7, 11) is -4.69. The van der Waals surface area contributed by atoms with Gasteiger partial charge in [0.05, 0.1) is 33.4 Å². The zero-order chi connectivity index (χ0) is 47.7. The Labute approximate surface area is 392 Å². The van der Waals surface area contributed by atoms with Gasteiger partial charge in [-0.15, -0.1) is 0 Å². The summed E-state index contributed by atoms with van der Waals surface area (Å²) < 4.78 is 50.8. The van der Waals surface area contributed by atoms with Gasteiger partial charge in [-0.05, 0) is 111 Å². The number of aliphatic hydroxyl groups is 1. The number of hydrogen-bond donors (Lipinski definition) is 4. The largest absolute Gasteiger partial charge is 0.455 e. The second-order valence-corrected chi connectivity index (χ2v) is 21.0. The third-order valence-corrected chi connectivity index (χ3v) is 15.7. The maximum atomic E-state index is 14.8. The zero-order valence-electron chi connectivity index (χ0n) is 39.1. The minimum atomic E-state index is -4.69. The summed E-state index contributed by atoms with van der Waals surface area (Å²) in [4.78, 5) is 41.2. The molecule has 15 nitrogen and oxygen atoms in total. The maximum Gasteiger partial charge on any atom is 0.312 e. The molecule has 0 bridgehead atoms. The fraction of sp³-hybridized carbons (Fsp3) is 0.500. The van der Waals surface area contributed by atoms with Crippen molar-refractivity contribution < 1.29 is 32.4 Å². The number of halogens is 1. The second kappa shape index (κ2) is 19.5. The number of piperidine rings is 1. The molecule has 2 aromatic carbocycles. The standard InChI is InChI=1S/C50H63FN8O7S/c1-6-41-45(27-39-40(51)29-54-46(39)55-41)66-44-25-33(57-23-20-50(21-24-57)30-58(31-50)42-16-12-15-37(42)36-14-9-8-13-35(36)32(3)4)17-18-38(44)48(60)56-67(64,65)34-26-43(59(62)63)47(53-28-34)52-22-11-10-19-49(5,61)7-2/h8-9,13-14,17-18,25-29,32,37,42,61H,6-7,10-12,15-16,19-24,30-31H2,1-5H3,(H,52,53)(H,54,55)(H,56,60)/t37-,42-,49-/m1/s1. The molecule has 5 aromatic rings. The van der Waals surface area contributed by atoms with Crippen molar-refractivity contribution in [1.29, 1.82) is 0 Å². The van der Waals surface area contributed by atoms with Crippen LogP contribution in [0.4, 0.5) is 21.6 Å². The molecule has 2 saturated heterocycles. The number of rotatable bonds is 18. The first-order valence-corrected chi connectivity index (χ1v) is 25.2. The van der Waals surface area contributed by atoms with Crippen LogP contribution in [0.1, 0.15) is 131 Å². The van der Waals surface area contributed by atoms with Gasteiger partial charge in [-0.25, -0.2) is 27.5 Å². The van der Waals surface area contributed by atoms with Crippen molar-refractivity contribution in [3.05, 3.63) is 105 Å². The smallest absolute Gasteiger partial charge is 0.312 e. The number of anilines is 2. The first-order valence-electron chi connectivity index (χ1n) is 23.7. The summed E-state index contributed by atoms with van der Waals surface area (Å²) >= 11 is 0. The number of H-pyrrole nitrogens is 1. The number of hydrogen-bond acceptors (Lipinski definition) is 12. The first-order chi connectivity index (χ1) is 32.0. The van der Waals surface area contributed by atoms with Crippen molar-refractivity contribution in [2.24, 2.45) is 5.41 Å². The lowest BCUT2D eigenvalue weighted by atomic mass is 9.70. The van der Waals surface area contributed by atoms with Crippen molar-refractivity contribution in [1.82, 2.24) is 24.6 Å². The second-order valence-electron chi connectivity index (χ2n) is 19.3. The number of nitro groups is 1. The van der Waals surface area contributed by atoms with E-state index in [1.807, 2.05) is 13.8 Å². The van der Waals surface area contributed by atoms with E-state index in [2.05, 4.69) is 72.9 Å². The van der Waals surface area contributed by atoms with Crippen LogP contribution in [-0.4, -0.2) is 88.6 Å². The third kappa shape index (κ3) is 10.3. The molecule has 3 atom stereocenters. The van der Waals surface area contributed by atoms with Crippen LogP contribution in [0.5, 0.6) is 11.5 Å². The molecular weight excluding hydrogens is 876 g/mol. The molecule has 3 aromatic heterocycles. The van der Waals surface area contributed by atoms with Gasteiger partial charge in [0.2, 0.25) is 5.82 Å². The van der Waals surface area contributed by atoms with Crippen LogP contribution in [-0.2, 0) is 16.4 Å². The van der Waals surface area contributed by atoms with E-state index in [-0.39, 0.29) is 33.7 Å². The number of unbranched alkanes of at least 4 members (excludes halogenated alkanes) is 1. The molecule has 0 unspecified atom stereocenters. The van der Waals surface area contributed by atoms with E-state index in [1.165, 1.54) is 48.7 Å². The topological polar surface area (TPSA) is 196 Å². The lowest BCUT2D eigenvalue weighted by Crippen LogP contribution is -2.63. The molecular formula is C50H63FN8O7S. The van der Waals surface area contributed by atoms with Crippen LogP contribution in [0.15, 0.2) is 71.9 Å². The van der Waals surface area contributed by atoms with Crippen LogP contribution in [0, 0.1) is 21.3 Å². The molecule has 17 heteroatoms. The highest BCUT2D eigenvalue weighted by Crippen LogP contribution is 2.49. The summed E-state index contributed by atoms with van der Waals surface area (Å²) in [5.74, 6) is -0.423. The average molecular weight is 939 g/mol. The molecule has 8 rings (SSSR count). The Balaban J connectivity index is 0.994. The molecule has 0 radical (unpaired) electrons. The molecule has 5 heterocycles. The van der Waals surface area contributed by atoms with Crippen molar-refractivity contribution in [2.45, 2.75) is 127 Å². The fourth-order valence-electron chi connectivity index (χ4n) is 10.3. The molecule has 3 fully saturated rings. The van der Waals surface area contributed by atoms with Crippen molar-refractivity contribution >= 4 is 44.2 Å². The third-order valence-electron chi connectivity index (χ3n) is 14.4. The van der Waals surface area contributed by atoms with Gasteiger partial charge in [-0.3, -0.25) is 19.8 Å². The van der Waals surface area contributed by atoms with Crippen LogP contribution >= 0.6 is 0 Å². The van der Waals surface area contributed by atoms with Gasteiger partial charge in [0, 0.05) is 62.8 Å². The van der Waals surface area contributed by atoms with Crippen LogP contribution in [0.25, 0.3) is 11.0 Å². The predicted octanol–water partition coefficient (Wildman–Crippen LogP) is 9.58. The number of amides is 1. The molecule has 1 aliphatic carbocycles. The SMILES string of the molecule is CCc1nc2[nH]cc(F)c2cc1Oc1cc(N2CCC3(CC2)CN([C@@H]2CCC[C@@H]2c2ccccc2C(C)C)C3)ccc1C(=O)NS(=O)(=O)c1cnc(NCCCC[C@](C)(O)CC)c([N+](=O)[O-])c1. The lowest BCUT2D eigenvalue weighted by molar-refractivity contribution is -0.384. The maximum absolute atomic E-state index is 14.8. The van der Waals surface area contributed by atoms with E-state index in [1.54, 1.807) is 19.1 Å². The highest BCUT2D eigenvalue weighted by molar-refractivity contribution is 7.90. The molecule has 2 aliphatic heterocycles. The van der Waals surface area contributed by atoms with E-state index in [4.69, 9.17) is 4.74 Å². The molecule has 358 valence electrons. The average Bonchev–Trinajstić information content (AvgIpc) is 3.93. The van der Waals surface area contributed by atoms with Crippen molar-refractivity contribution in [3.8, 4) is 11.5 Å². The van der Waals surface area contributed by atoms with Crippen molar-refractivity contribution in [2.75, 3.05) is 42.9 Å². The van der Waals surface area contributed by atoms with Gasteiger partial charge in [0.15, 0.2) is 0 Å². The number of nitrogens with one attached hydrogen (secondary N) is 3. The molecule has 4 N–H and O–H groups in total. The van der Waals surface area contributed by atoms with E-state index < -0.39 is 42.9 Å². The van der Waals surface area contributed by atoms with Gasteiger partial charge < -0.3 is 25.0 Å². The normalized spacial score (nSPS) is 19.4. The Bertz CT molecular complexity index is 2730. The molecule has 1 spiro atoms. The minimum absolute atomic E-state index is 0.0326. The van der Waals surface area contributed by atoms with Crippen LogP contribution < -0.4 is 19.7 Å². The van der Waals surface area contributed by atoms with Gasteiger partial charge in [0.1, 0.15) is 27.9 Å². The van der Waals surface area contributed by atoms with Crippen LogP contribution in [0.3, 0.4) is 0 Å². The van der Waals surface area contributed by atoms with E-state index >= 15 is 0 Å². The number of aromatic amines is 1. The highest BCUT2D eigenvalue weighted by atomic mass is 32.2. The molecule has 1 saturated carbocycles. The molecule has 1 amide bonds. The quantitative estimate of drug-likeness (QED) is 0.0370. The Morgan fingerprint density at radius 3 is 2.57 bits per heavy atom. The number of carbonyl (C=O) groups is 1. The number of pyridine rings is 2. The van der Waals surface area contributed by atoms with Gasteiger partial charge >= 0.3 is 5.69 Å². The van der Waals surface area contributed by atoms with Gasteiger partial charge in [-0.2, -0.15) is 0 Å². The number of aryl methyl sites for hydroxylation is 1. The number of sulfonamides is 1. The highest BCUT2D eigenvalue weighted by Gasteiger charge is 2.49.